The highest BCUT2D eigenvalue weighted by molar-refractivity contribution is 7.91. The summed E-state index contributed by atoms with van der Waals surface area (Å²) in [6.07, 6.45) is 0.500. The van der Waals surface area contributed by atoms with E-state index in [1.165, 1.54) is 5.56 Å². The molecule has 25 heavy (non-hydrogen) atoms. The predicted molar refractivity (Wildman–Crippen MR) is 101 cm³/mol. The standard InChI is InChI=1S/C18H22N2O3S2/c1-13-4-6-14(7-5-13)18(16-3-2-9-24-16)19-11-17(21)20-15-8-10-25(22,23)12-15/h2-7,9,15,18-19H,8,10-12H2,1H3,(H,20,21)/t15-,18+/m1/s1. The molecule has 1 aliphatic rings. The molecule has 134 valence electrons. The number of aryl methyl sites for hydroxylation is 1. The lowest BCUT2D eigenvalue weighted by Crippen LogP contribution is -2.41. The van der Waals surface area contributed by atoms with Crippen LogP contribution in [0.1, 0.15) is 28.5 Å². The van der Waals surface area contributed by atoms with Crippen LogP contribution < -0.4 is 10.6 Å². The van der Waals surface area contributed by atoms with E-state index >= 15 is 0 Å². The summed E-state index contributed by atoms with van der Waals surface area (Å²) < 4.78 is 23.0. The fourth-order valence-corrected chi connectivity index (χ4v) is 5.48. The highest BCUT2D eigenvalue weighted by atomic mass is 32.2. The van der Waals surface area contributed by atoms with Crippen molar-refractivity contribution in [2.75, 3.05) is 18.1 Å². The third-order valence-electron chi connectivity index (χ3n) is 4.30. The molecule has 0 unspecified atom stereocenters. The van der Waals surface area contributed by atoms with Crippen LogP contribution in [0, 0.1) is 6.92 Å². The van der Waals surface area contributed by atoms with Gasteiger partial charge in [-0.3, -0.25) is 10.1 Å². The van der Waals surface area contributed by atoms with E-state index in [4.69, 9.17) is 0 Å². The molecule has 7 heteroatoms. The van der Waals surface area contributed by atoms with Gasteiger partial charge in [0.2, 0.25) is 5.91 Å². The van der Waals surface area contributed by atoms with Gasteiger partial charge in [-0.15, -0.1) is 11.3 Å². The summed E-state index contributed by atoms with van der Waals surface area (Å²) in [5, 5.41) is 8.14. The predicted octanol–water partition coefficient (Wildman–Crippen LogP) is 2.04. The normalized spacial score (nSPS) is 20.3. The molecular weight excluding hydrogens is 356 g/mol. The van der Waals surface area contributed by atoms with E-state index in [1.54, 1.807) is 11.3 Å². The van der Waals surface area contributed by atoms with Crippen LogP contribution >= 0.6 is 11.3 Å². The summed E-state index contributed by atoms with van der Waals surface area (Å²) in [5.41, 5.74) is 2.29. The van der Waals surface area contributed by atoms with Crippen LogP contribution in [0.2, 0.25) is 0 Å². The van der Waals surface area contributed by atoms with E-state index in [9.17, 15) is 13.2 Å². The minimum absolute atomic E-state index is 0.0467. The Hall–Kier alpha value is -1.70. The van der Waals surface area contributed by atoms with Crippen molar-refractivity contribution in [2.24, 2.45) is 0 Å². The van der Waals surface area contributed by atoms with Gasteiger partial charge in [-0.2, -0.15) is 0 Å². The fraction of sp³-hybridized carbons (Fsp3) is 0.389. The number of carbonyl (C=O) groups is 1. The number of carbonyl (C=O) groups excluding carboxylic acids is 1. The summed E-state index contributed by atoms with van der Waals surface area (Å²) in [7, 11) is -2.99. The molecule has 2 heterocycles. The van der Waals surface area contributed by atoms with Gasteiger partial charge in [-0.1, -0.05) is 35.9 Å². The van der Waals surface area contributed by atoms with Gasteiger partial charge in [0.1, 0.15) is 0 Å². The van der Waals surface area contributed by atoms with Crippen LogP contribution in [-0.2, 0) is 14.6 Å². The lowest BCUT2D eigenvalue weighted by Gasteiger charge is -2.19. The zero-order valence-electron chi connectivity index (χ0n) is 14.1. The van der Waals surface area contributed by atoms with Crippen LogP contribution in [0.15, 0.2) is 41.8 Å². The van der Waals surface area contributed by atoms with Crippen molar-refractivity contribution in [1.82, 2.24) is 10.6 Å². The van der Waals surface area contributed by atoms with Crippen molar-refractivity contribution in [3.8, 4) is 0 Å². The van der Waals surface area contributed by atoms with Crippen LogP contribution in [0.25, 0.3) is 0 Å². The molecular formula is C18H22N2O3S2. The van der Waals surface area contributed by atoms with Gasteiger partial charge in [0, 0.05) is 10.9 Å². The first-order valence-corrected chi connectivity index (χ1v) is 11.0. The first-order valence-electron chi connectivity index (χ1n) is 8.26. The van der Waals surface area contributed by atoms with Crippen LogP contribution in [0.4, 0.5) is 0 Å². The number of amides is 1. The van der Waals surface area contributed by atoms with E-state index < -0.39 is 9.84 Å². The molecule has 2 atom stereocenters. The number of thiophene rings is 1. The van der Waals surface area contributed by atoms with Crippen molar-refractivity contribution < 1.29 is 13.2 Å². The molecule has 3 rings (SSSR count). The Bertz CT molecular complexity index is 815. The quantitative estimate of drug-likeness (QED) is 0.807. The Labute approximate surface area is 152 Å². The fourth-order valence-electron chi connectivity index (χ4n) is 2.98. The number of hydrogen-bond donors (Lipinski definition) is 2. The summed E-state index contributed by atoms with van der Waals surface area (Å²) in [6.45, 7) is 2.19. The molecule has 1 fully saturated rings. The summed E-state index contributed by atoms with van der Waals surface area (Å²) in [4.78, 5) is 13.3. The van der Waals surface area contributed by atoms with Crippen molar-refractivity contribution in [2.45, 2.75) is 25.4 Å². The lowest BCUT2D eigenvalue weighted by molar-refractivity contribution is -0.120. The van der Waals surface area contributed by atoms with Gasteiger partial charge in [-0.25, -0.2) is 8.42 Å². The van der Waals surface area contributed by atoms with E-state index in [1.807, 2.05) is 24.4 Å². The van der Waals surface area contributed by atoms with Crippen molar-refractivity contribution in [1.29, 1.82) is 0 Å². The van der Waals surface area contributed by atoms with E-state index in [-0.39, 0.29) is 36.0 Å². The largest absolute Gasteiger partial charge is 0.351 e. The number of rotatable bonds is 6. The zero-order valence-corrected chi connectivity index (χ0v) is 15.7. The molecule has 0 radical (unpaired) electrons. The molecule has 1 aliphatic heterocycles. The minimum atomic E-state index is -2.99. The number of nitrogens with one attached hydrogen (secondary N) is 2. The molecule has 0 bridgehead atoms. The molecule has 0 aliphatic carbocycles. The zero-order chi connectivity index (χ0) is 17.9. The first kappa shape index (κ1) is 18.1. The molecule has 1 aromatic carbocycles. The maximum atomic E-state index is 12.2. The summed E-state index contributed by atoms with van der Waals surface area (Å²) >= 11 is 1.64. The SMILES string of the molecule is Cc1ccc([C@H](NCC(=O)N[C@@H]2CCS(=O)(=O)C2)c2cccs2)cc1. The Morgan fingerprint density at radius 3 is 2.64 bits per heavy atom. The van der Waals surface area contributed by atoms with Crippen LogP contribution in [0.5, 0.6) is 0 Å². The minimum Gasteiger partial charge on any atom is -0.351 e. The second kappa shape index (κ2) is 7.68. The smallest absolute Gasteiger partial charge is 0.234 e. The Morgan fingerprint density at radius 2 is 2.04 bits per heavy atom. The van der Waals surface area contributed by atoms with Gasteiger partial charge in [0.05, 0.1) is 24.1 Å². The number of sulfone groups is 1. The number of hydrogen-bond acceptors (Lipinski definition) is 5. The van der Waals surface area contributed by atoms with Crippen LogP contribution in [0.3, 0.4) is 0 Å². The average Bonchev–Trinajstić information content (AvgIpc) is 3.19. The molecule has 2 aromatic rings. The molecule has 1 amide bonds. The van der Waals surface area contributed by atoms with Crippen LogP contribution in [-0.4, -0.2) is 38.4 Å². The van der Waals surface area contributed by atoms with Crippen molar-refractivity contribution in [3.05, 3.63) is 57.8 Å². The Balaban J connectivity index is 1.63. The Kier molecular flexibility index (Phi) is 5.56. The number of benzene rings is 1. The van der Waals surface area contributed by atoms with Gasteiger partial charge in [0.15, 0.2) is 9.84 Å². The van der Waals surface area contributed by atoms with Gasteiger partial charge >= 0.3 is 0 Å². The van der Waals surface area contributed by atoms with E-state index in [0.29, 0.717) is 6.42 Å². The summed E-state index contributed by atoms with van der Waals surface area (Å²) in [6, 6.07) is 12.0. The molecule has 0 spiro atoms. The van der Waals surface area contributed by atoms with Gasteiger partial charge in [0.25, 0.3) is 0 Å². The molecule has 1 saturated heterocycles. The second-order valence-electron chi connectivity index (χ2n) is 6.41. The first-order chi connectivity index (χ1) is 11.9. The third-order valence-corrected chi connectivity index (χ3v) is 7.01. The Morgan fingerprint density at radius 1 is 1.28 bits per heavy atom. The highest BCUT2D eigenvalue weighted by Crippen LogP contribution is 2.26. The van der Waals surface area contributed by atoms with Crippen molar-refractivity contribution in [3.63, 3.8) is 0 Å². The molecule has 5 nitrogen and oxygen atoms in total. The third kappa shape index (κ3) is 4.90. The van der Waals surface area contributed by atoms with Gasteiger partial charge in [-0.05, 0) is 30.4 Å². The average molecular weight is 379 g/mol. The van der Waals surface area contributed by atoms with Crippen molar-refractivity contribution >= 4 is 27.1 Å². The monoisotopic (exact) mass is 378 g/mol. The molecule has 1 aromatic heterocycles. The van der Waals surface area contributed by atoms with E-state index in [2.05, 4.69) is 34.9 Å². The van der Waals surface area contributed by atoms with E-state index in [0.717, 1.165) is 10.4 Å². The maximum absolute atomic E-state index is 12.2. The maximum Gasteiger partial charge on any atom is 0.234 e. The topological polar surface area (TPSA) is 75.3 Å². The summed E-state index contributed by atoms with van der Waals surface area (Å²) in [5.74, 6) is 0.0354. The lowest BCUT2D eigenvalue weighted by atomic mass is 10.0. The second-order valence-corrected chi connectivity index (χ2v) is 9.62. The van der Waals surface area contributed by atoms with Gasteiger partial charge < -0.3 is 5.32 Å². The highest BCUT2D eigenvalue weighted by Gasteiger charge is 2.29. The molecule has 0 saturated carbocycles. The molecule has 2 N–H and O–H groups in total.